The first-order chi connectivity index (χ1) is 13.2. The molecule has 3 rings (SSSR count). The van der Waals surface area contributed by atoms with Crippen molar-refractivity contribution in [1.29, 1.82) is 0 Å². The highest BCUT2D eigenvalue weighted by atomic mass is 35.5. The molecule has 1 aliphatic heterocycles. The fraction of sp³-hybridized carbons (Fsp3) is 0.263. The Labute approximate surface area is 173 Å². The lowest BCUT2D eigenvalue weighted by Crippen LogP contribution is -2.26. The van der Waals surface area contributed by atoms with E-state index >= 15 is 0 Å². The molecule has 0 saturated heterocycles. The van der Waals surface area contributed by atoms with Gasteiger partial charge < -0.3 is 10.6 Å². The Bertz CT molecular complexity index is 1050. The van der Waals surface area contributed by atoms with E-state index in [4.69, 9.17) is 11.6 Å². The molecule has 0 unspecified atom stereocenters. The van der Waals surface area contributed by atoms with Crippen molar-refractivity contribution in [3.05, 3.63) is 47.0 Å². The van der Waals surface area contributed by atoms with Gasteiger partial charge in [-0.2, -0.15) is 0 Å². The fourth-order valence-corrected chi connectivity index (χ4v) is 5.12. The third kappa shape index (κ3) is 4.34. The molecule has 0 aliphatic carbocycles. The second-order valence-corrected chi connectivity index (χ2v) is 10.3. The van der Waals surface area contributed by atoms with Crippen LogP contribution in [0.15, 0.2) is 46.2 Å². The Kier molecular flexibility index (Phi) is 6.02. The quantitative estimate of drug-likeness (QED) is 0.738. The minimum atomic E-state index is -3.74. The maximum absolute atomic E-state index is 12.9. The maximum atomic E-state index is 12.9. The van der Waals surface area contributed by atoms with Crippen molar-refractivity contribution in [3.8, 4) is 0 Å². The molecule has 1 aliphatic rings. The summed E-state index contributed by atoms with van der Waals surface area (Å²) in [5.41, 5.74) is 1.75. The molecule has 9 heteroatoms. The molecular formula is C19H19ClN2O4S2. The molecule has 2 aromatic carbocycles. The van der Waals surface area contributed by atoms with Crippen molar-refractivity contribution in [3.63, 3.8) is 0 Å². The molecule has 1 atom stereocenters. The maximum Gasteiger partial charge on any atom is 0.234 e. The molecule has 28 heavy (non-hydrogen) atoms. The molecule has 2 amide bonds. The molecule has 0 bridgehead atoms. The molecule has 0 spiro atoms. The Balaban J connectivity index is 1.75. The first kappa shape index (κ1) is 20.7. The van der Waals surface area contributed by atoms with Crippen molar-refractivity contribution in [2.24, 2.45) is 0 Å². The van der Waals surface area contributed by atoms with Gasteiger partial charge in [0.25, 0.3) is 0 Å². The van der Waals surface area contributed by atoms with Crippen LogP contribution in [-0.2, 0) is 19.4 Å². The summed E-state index contributed by atoms with van der Waals surface area (Å²) in [5.74, 6) is -0.280. The first-order valence-electron chi connectivity index (χ1n) is 8.54. The third-order valence-electron chi connectivity index (χ3n) is 4.46. The molecule has 0 fully saturated rings. The number of carbonyl (C=O) groups excluding carboxylic acids is 2. The van der Waals surface area contributed by atoms with E-state index in [1.54, 1.807) is 31.2 Å². The number of rotatable bonds is 5. The van der Waals surface area contributed by atoms with Gasteiger partial charge in [0.1, 0.15) is 0 Å². The van der Waals surface area contributed by atoms with Gasteiger partial charge in [-0.25, -0.2) is 8.42 Å². The molecule has 148 valence electrons. The number of carbonyl (C=O) groups is 2. The summed E-state index contributed by atoms with van der Waals surface area (Å²) in [6.45, 7) is 3.27. The van der Waals surface area contributed by atoms with E-state index in [2.05, 4.69) is 10.6 Å². The van der Waals surface area contributed by atoms with Gasteiger partial charge in [0, 0.05) is 22.0 Å². The number of amides is 2. The summed E-state index contributed by atoms with van der Waals surface area (Å²) in [7, 11) is -3.74. The SMILES string of the molecule is Cc1c(Cl)cccc1NC(=O)C[C@@H](C)S(=O)(=O)c1ccc2c(c1)NC(=O)CS2. The molecule has 0 radical (unpaired) electrons. The van der Waals surface area contributed by atoms with Crippen LogP contribution in [0.4, 0.5) is 11.4 Å². The van der Waals surface area contributed by atoms with E-state index in [1.165, 1.54) is 30.8 Å². The van der Waals surface area contributed by atoms with Crippen molar-refractivity contribution in [2.75, 3.05) is 16.4 Å². The smallest absolute Gasteiger partial charge is 0.234 e. The minimum absolute atomic E-state index is 0.0771. The van der Waals surface area contributed by atoms with Crippen LogP contribution in [0.25, 0.3) is 0 Å². The van der Waals surface area contributed by atoms with Crippen LogP contribution < -0.4 is 10.6 Å². The van der Waals surface area contributed by atoms with E-state index in [-0.39, 0.29) is 17.2 Å². The first-order valence-corrected chi connectivity index (χ1v) is 11.4. The monoisotopic (exact) mass is 438 g/mol. The second kappa shape index (κ2) is 8.14. The topological polar surface area (TPSA) is 92.3 Å². The number of thioether (sulfide) groups is 1. The minimum Gasteiger partial charge on any atom is -0.326 e. The Hall–Kier alpha value is -2.03. The number of hydrogen-bond acceptors (Lipinski definition) is 5. The number of nitrogens with one attached hydrogen (secondary N) is 2. The predicted octanol–water partition coefficient (Wildman–Crippen LogP) is 3.88. The number of benzene rings is 2. The van der Waals surface area contributed by atoms with Gasteiger partial charge >= 0.3 is 0 Å². The largest absolute Gasteiger partial charge is 0.326 e. The van der Waals surface area contributed by atoms with Crippen molar-refractivity contribution < 1.29 is 18.0 Å². The van der Waals surface area contributed by atoms with Crippen LogP contribution in [0, 0.1) is 6.92 Å². The van der Waals surface area contributed by atoms with Crippen molar-refractivity contribution in [2.45, 2.75) is 35.3 Å². The van der Waals surface area contributed by atoms with Crippen LogP contribution in [0.5, 0.6) is 0 Å². The predicted molar refractivity (Wildman–Crippen MR) is 112 cm³/mol. The second-order valence-electron chi connectivity index (χ2n) is 6.52. The van der Waals surface area contributed by atoms with Gasteiger partial charge in [-0.3, -0.25) is 9.59 Å². The van der Waals surface area contributed by atoms with Gasteiger partial charge in [0.15, 0.2) is 9.84 Å². The summed E-state index contributed by atoms with van der Waals surface area (Å²) < 4.78 is 25.8. The number of sulfone groups is 1. The van der Waals surface area contributed by atoms with Crippen LogP contribution >= 0.6 is 23.4 Å². The van der Waals surface area contributed by atoms with E-state index in [1.807, 2.05) is 0 Å². The Morgan fingerprint density at radius 2 is 2.07 bits per heavy atom. The van der Waals surface area contributed by atoms with Crippen LogP contribution in [0.3, 0.4) is 0 Å². The highest BCUT2D eigenvalue weighted by Gasteiger charge is 2.27. The van der Waals surface area contributed by atoms with Gasteiger partial charge in [-0.15, -0.1) is 11.8 Å². The van der Waals surface area contributed by atoms with Gasteiger partial charge in [0.2, 0.25) is 11.8 Å². The molecule has 1 heterocycles. The lowest BCUT2D eigenvalue weighted by molar-refractivity contribution is -0.116. The normalized spacial score (nSPS) is 14.8. The summed E-state index contributed by atoms with van der Waals surface area (Å²) in [6.07, 6.45) is -0.202. The van der Waals surface area contributed by atoms with Gasteiger partial charge in [-0.05, 0) is 49.7 Å². The number of anilines is 2. The average molecular weight is 439 g/mol. The van der Waals surface area contributed by atoms with E-state index in [9.17, 15) is 18.0 Å². The van der Waals surface area contributed by atoms with Crippen molar-refractivity contribution >= 4 is 56.4 Å². The molecule has 0 saturated carbocycles. The van der Waals surface area contributed by atoms with E-state index < -0.39 is 21.0 Å². The molecular weight excluding hydrogens is 420 g/mol. The molecule has 6 nitrogen and oxygen atoms in total. The standard InChI is InChI=1S/C19H19ClN2O4S2/c1-11(8-18(23)21-15-5-3-4-14(20)12(15)2)28(25,26)13-6-7-17-16(9-13)22-19(24)10-27-17/h3-7,9,11H,8,10H2,1-2H3,(H,21,23)(H,22,24)/t11-/m1/s1. The molecule has 2 N–H and O–H groups in total. The zero-order chi connectivity index (χ0) is 20.5. The van der Waals surface area contributed by atoms with Crippen LogP contribution in [0.2, 0.25) is 5.02 Å². The van der Waals surface area contributed by atoms with Gasteiger partial charge in [-0.1, -0.05) is 17.7 Å². The van der Waals surface area contributed by atoms with Crippen LogP contribution in [-0.4, -0.2) is 31.2 Å². The zero-order valence-electron chi connectivity index (χ0n) is 15.3. The number of halogens is 1. The third-order valence-corrected chi connectivity index (χ3v) is 8.08. The van der Waals surface area contributed by atoms with Crippen LogP contribution in [0.1, 0.15) is 18.9 Å². The number of fused-ring (bicyclic) bond motifs is 1. The summed E-state index contributed by atoms with van der Waals surface area (Å²) >= 11 is 7.40. The lowest BCUT2D eigenvalue weighted by Gasteiger charge is -2.19. The van der Waals surface area contributed by atoms with Gasteiger partial charge in [0.05, 0.1) is 21.6 Å². The highest BCUT2D eigenvalue weighted by molar-refractivity contribution is 8.00. The van der Waals surface area contributed by atoms with E-state index in [0.29, 0.717) is 22.2 Å². The summed E-state index contributed by atoms with van der Waals surface area (Å²) in [4.78, 5) is 24.8. The summed E-state index contributed by atoms with van der Waals surface area (Å²) in [6, 6.07) is 9.77. The van der Waals surface area contributed by atoms with E-state index in [0.717, 1.165) is 10.5 Å². The fourth-order valence-electron chi connectivity index (χ4n) is 2.79. The highest BCUT2D eigenvalue weighted by Crippen LogP contribution is 2.34. The number of hydrogen-bond donors (Lipinski definition) is 2. The zero-order valence-corrected chi connectivity index (χ0v) is 17.7. The lowest BCUT2D eigenvalue weighted by atomic mass is 10.2. The molecule has 2 aromatic rings. The Morgan fingerprint density at radius 3 is 2.82 bits per heavy atom. The Morgan fingerprint density at radius 1 is 1.32 bits per heavy atom. The van der Waals surface area contributed by atoms with Crippen molar-refractivity contribution in [1.82, 2.24) is 0 Å². The average Bonchev–Trinajstić information content (AvgIpc) is 2.64. The summed E-state index contributed by atoms with van der Waals surface area (Å²) in [5, 5.41) is 4.98. The molecule has 0 aromatic heterocycles.